The number of ether oxygens (including phenoxy) is 2. The smallest absolute Gasteiger partial charge is 0.419 e. The lowest BCUT2D eigenvalue weighted by molar-refractivity contribution is -0.0909. The van der Waals surface area contributed by atoms with Crippen LogP contribution < -0.4 is 9.47 Å². The van der Waals surface area contributed by atoms with E-state index in [1.165, 1.54) is 32.2 Å². The highest BCUT2D eigenvalue weighted by molar-refractivity contribution is 5.76. The van der Waals surface area contributed by atoms with Crippen molar-refractivity contribution in [1.29, 1.82) is 0 Å². The molecule has 24 heavy (non-hydrogen) atoms. The Kier molecular flexibility index (Phi) is 6.76. The number of halogens is 4. The average Bonchev–Trinajstić information content (AvgIpc) is 2.51. The summed E-state index contributed by atoms with van der Waals surface area (Å²) in [6.45, 7) is 4.15. The Morgan fingerprint density at radius 1 is 1.25 bits per heavy atom. The van der Waals surface area contributed by atoms with Crippen molar-refractivity contribution < 1.29 is 31.8 Å². The summed E-state index contributed by atoms with van der Waals surface area (Å²) in [5.74, 6) is -0.916. The average molecular weight is 344 g/mol. The zero-order chi connectivity index (χ0) is 18.3. The lowest BCUT2D eigenvalue weighted by Gasteiger charge is -2.11. The molecule has 0 aliphatic heterocycles. The minimum absolute atomic E-state index is 0.0444. The summed E-state index contributed by atoms with van der Waals surface area (Å²) in [6, 6.07) is 4.49. The second kappa shape index (κ2) is 8.33. The van der Waals surface area contributed by atoms with Crippen LogP contribution in [0.2, 0.25) is 0 Å². The minimum atomic E-state index is -4.82. The lowest BCUT2D eigenvalue weighted by atomic mass is 10.2. The summed E-state index contributed by atoms with van der Waals surface area (Å²) in [5.41, 5.74) is -0.639. The van der Waals surface area contributed by atoms with Crippen molar-refractivity contribution in [2.45, 2.75) is 13.1 Å². The van der Waals surface area contributed by atoms with Crippen LogP contribution in [0.5, 0.6) is 11.5 Å². The summed E-state index contributed by atoms with van der Waals surface area (Å²) >= 11 is 0. The molecule has 0 aliphatic rings. The molecule has 0 bridgehead atoms. The first-order chi connectivity index (χ1) is 11.2. The van der Waals surface area contributed by atoms with E-state index in [9.17, 15) is 22.4 Å². The molecule has 7 heteroatoms. The van der Waals surface area contributed by atoms with Gasteiger partial charge in [0.25, 0.3) is 0 Å². The highest BCUT2D eigenvalue weighted by atomic mass is 19.4. The number of allylic oxidation sites excluding steroid dienone is 4. The molecule has 0 amide bonds. The molecule has 1 aromatic carbocycles. The van der Waals surface area contributed by atoms with Crippen molar-refractivity contribution in [3.05, 3.63) is 59.5 Å². The fourth-order valence-corrected chi connectivity index (χ4v) is 1.68. The van der Waals surface area contributed by atoms with Crippen LogP contribution in [-0.4, -0.2) is 26.2 Å². The largest absolute Gasteiger partial charge is 0.493 e. The molecule has 0 spiro atoms. The van der Waals surface area contributed by atoms with Crippen LogP contribution in [0.1, 0.15) is 17.3 Å². The summed E-state index contributed by atoms with van der Waals surface area (Å²) in [6.07, 6.45) is -2.48. The van der Waals surface area contributed by atoms with Crippen molar-refractivity contribution in [3.63, 3.8) is 0 Å². The van der Waals surface area contributed by atoms with Crippen molar-refractivity contribution >= 4 is 6.29 Å². The van der Waals surface area contributed by atoms with Crippen LogP contribution in [0.4, 0.5) is 17.6 Å². The molecule has 1 rings (SSSR count). The van der Waals surface area contributed by atoms with Crippen molar-refractivity contribution in [3.8, 4) is 11.5 Å². The number of aldehydes is 1. The Bertz CT molecular complexity index is 673. The summed E-state index contributed by atoms with van der Waals surface area (Å²) in [5, 5.41) is 0. The van der Waals surface area contributed by atoms with Gasteiger partial charge in [-0.05, 0) is 36.8 Å². The van der Waals surface area contributed by atoms with E-state index in [1.54, 1.807) is 0 Å². The predicted octanol–water partition coefficient (Wildman–Crippen LogP) is 4.80. The van der Waals surface area contributed by atoms with Gasteiger partial charge < -0.3 is 9.47 Å². The standard InChI is InChI=1S/C17H16F4O3/c1-11(4-6-14(12(2)18)17(19,20)21)10-24-15-7-5-13(9-22)8-16(15)23-3/h4-9H,2,10H2,1,3H3/b11-4+,14-6+. The van der Waals surface area contributed by atoms with Crippen LogP contribution >= 0.6 is 0 Å². The first-order valence-corrected chi connectivity index (χ1v) is 6.74. The normalized spacial score (nSPS) is 12.8. The van der Waals surface area contributed by atoms with Crippen molar-refractivity contribution in [1.82, 2.24) is 0 Å². The number of carbonyl (C=O) groups excluding carboxylic acids is 1. The van der Waals surface area contributed by atoms with Gasteiger partial charge in [-0.2, -0.15) is 13.2 Å². The van der Waals surface area contributed by atoms with Gasteiger partial charge in [0.2, 0.25) is 0 Å². The van der Waals surface area contributed by atoms with Crippen LogP contribution in [-0.2, 0) is 0 Å². The lowest BCUT2D eigenvalue weighted by Crippen LogP contribution is -2.12. The van der Waals surface area contributed by atoms with E-state index in [2.05, 4.69) is 6.58 Å². The van der Waals surface area contributed by atoms with Gasteiger partial charge in [0.15, 0.2) is 11.5 Å². The molecule has 0 aromatic heterocycles. The first kappa shape index (κ1) is 19.5. The molecule has 1 aromatic rings. The molecule has 0 heterocycles. The molecule has 3 nitrogen and oxygen atoms in total. The Morgan fingerprint density at radius 2 is 1.92 bits per heavy atom. The Balaban J connectivity index is 2.87. The number of alkyl halides is 3. The molecule has 0 unspecified atom stereocenters. The van der Waals surface area contributed by atoms with Crippen molar-refractivity contribution in [2.24, 2.45) is 0 Å². The summed E-state index contributed by atoms with van der Waals surface area (Å²) < 4.78 is 61.0. The Morgan fingerprint density at radius 3 is 2.42 bits per heavy atom. The highest BCUT2D eigenvalue weighted by Gasteiger charge is 2.35. The van der Waals surface area contributed by atoms with Gasteiger partial charge in [-0.3, -0.25) is 4.79 Å². The molecule has 0 N–H and O–H groups in total. The molecule has 0 atom stereocenters. The number of benzene rings is 1. The fourth-order valence-electron chi connectivity index (χ4n) is 1.68. The Labute approximate surface area is 136 Å². The molecular formula is C17H16F4O3. The second-order valence-corrected chi connectivity index (χ2v) is 4.81. The number of hydrogen-bond donors (Lipinski definition) is 0. The quantitative estimate of drug-likeness (QED) is 0.405. The monoisotopic (exact) mass is 344 g/mol. The second-order valence-electron chi connectivity index (χ2n) is 4.81. The first-order valence-electron chi connectivity index (χ1n) is 6.74. The predicted molar refractivity (Wildman–Crippen MR) is 82.0 cm³/mol. The third-order valence-electron chi connectivity index (χ3n) is 2.91. The maximum absolute atomic E-state index is 12.8. The minimum Gasteiger partial charge on any atom is -0.493 e. The molecule has 0 saturated carbocycles. The van der Waals surface area contributed by atoms with Crippen LogP contribution in [0.3, 0.4) is 0 Å². The SMILES string of the molecule is C=C(F)/C(=C\C=C(/C)COc1ccc(C=O)cc1OC)C(F)(F)F. The van der Waals surface area contributed by atoms with E-state index in [0.29, 0.717) is 35.0 Å². The van der Waals surface area contributed by atoms with E-state index >= 15 is 0 Å². The number of hydrogen-bond acceptors (Lipinski definition) is 3. The molecule has 0 aliphatic carbocycles. The van der Waals surface area contributed by atoms with Gasteiger partial charge in [-0.1, -0.05) is 12.7 Å². The Hall–Kier alpha value is -2.57. The van der Waals surface area contributed by atoms with Crippen LogP contribution in [0, 0.1) is 0 Å². The molecule has 0 saturated heterocycles. The topological polar surface area (TPSA) is 35.5 Å². The molecule has 0 radical (unpaired) electrons. The number of carbonyl (C=O) groups is 1. The van der Waals surface area contributed by atoms with E-state index in [-0.39, 0.29) is 6.61 Å². The third-order valence-corrected chi connectivity index (χ3v) is 2.91. The maximum atomic E-state index is 12.8. The third kappa shape index (κ3) is 5.57. The van der Waals surface area contributed by atoms with Crippen LogP contribution in [0.15, 0.2) is 53.9 Å². The summed E-state index contributed by atoms with van der Waals surface area (Å²) in [4.78, 5) is 10.7. The van der Waals surface area contributed by atoms with Gasteiger partial charge in [0.1, 0.15) is 18.7 Å². The maximum Gasteiger partial charge on any atom is 0.419 e. The number of rotatable bonds is 7. The molecular weight excluding hydrogens is 328 g/mol. The van der Waals surface area contributed by atoms with E-state index in [1.807, 2.05) is 0 Å². The van der Waals surface area contributed by atoms with Gasteiger partial charge in [-0.25, -0.2) is 4.39 Å². The zero-order valence-electron chi connectivity index (χ0n) is 13.1. The van der Waals surface area contributed by atoms with Crippen LogP contribution in [0.25, 0.3) is 0 Å². The van der Waals surface area contributed by atoms with E-state index in [4.69, 9.17) is 9.47 Å². The molecule has 130 valence electrons. The van der Waals surface area contributed by atoms with E-state index in [0.717, 1.165) is 6.08 Å². The fraction of sp³-hybridized carbons (Fsp3) is 0.235. The number of methoxy groups -OCH3 is 1. The van der Waals surface area contributed by atoms with Gasteiger partial charge in [0, 0.05) is 5.56 Å². The highest BCUT2D eigenvalue weighted by Crippen LogP contribution is 2.31. The summed E-state index contributed by atoms with van der Waals surface area (Å²) in [7, 11) is 1.39. The van der Waals surface area contributed by atoms with Gasteiger partial charge in [0.05, 0.1) is 12.7 Å². The zero-order valence-corrected chi connectivity index (χ0v) is 13.1. The van der Waals surface area contributed by atoms with E-state index < -0.39 is 17.6 Å². The molecule has 0 fully saturated rings. The van der Waals surface area contributed by atoms with Crippen molar-refractivity contribution in [2.75, 3.05) is 13.7 Å². The van der Waals surface area contributed by atoms with Gasteiger partial charge >= 0.3 is 6.18 Å². The van der Waals surface area contributed by atoms with Gasteiger partial charge in [-0.15, -0.1) is 0 Å².